The van der Waals surface area contributed by atoms with Gasteiger partial charge >= 0.3 is 0 Å². The van der Waals surface area contributed by atoms with Crippen LogP contribution in [0.1, 0.15) is 17.0 Å². The lowest BCUT2D eigenvalue weighted by Gasteiger charge is -2.13. The van der Waals surface area contributed by atoms with Gasteiger partial charge in [-0.3, -0.25) is 0 Å². The largest absolute Gasteiger partial charge is 0.493 e. The molecule has 1 aliphatic heterocycles. The summed E-state index contributed by atoms with van der Waals surface area (Å²) >= 11 is 3.48. The van der Waals surface area contributed by atoms with Crippen molar-refractivity contribution in [3.63, 3.8) is 0 Å². The molecule has 1 aliphatic rings. The average Bonchev–Trinajstić information content (AvgIpc) is 2.89. The molecule has 0 aliphatic carbocycles. The van der Waals surface area contributed by atoms with Crippen molar-refractivity contribution >= 4 is 15.9 Å². The first-order chi connectivity index (χ1) is 9.38. The molecule has 98 valence electrons. The summed E-state index contributed by atoms with van der Waals surface area (Å²) in [4.78, 5) is 0. The number of rotatable bonds is 4. The number of benzene rings is 2. The van der Waals surface area contributed by atoms with Crippen LogP contribution in [0, 0.1) is 0 Å². The first-order valence-corrected chi connectivity index (χ1v) is 7.49. The Morgan fingerprint density at radius 2 is 1.89 bits per heavy atom. The molecule has 1 unspecified atom stereocenters. The first-order valence-electron chi connectivity index (χ1n) is 6.37. The molecule has 2 nitrogen and oxygen atoms in total. The summed E-state index contributed by atoms with van der Waals surface area (Å²) in [5.74, 6) is 2.26. The van der Waals surface area contributed by atoms with Gasteiger partial charge in [0.05, 0.1) is 19.1 Å². The summed E-state index contributed by atoms with van der Waals surface area (Å²) in [6, 6.07) is 16.3. The van der Waals surface area contributed by atoms with Crippen LogP contribution in [0.5, 0.6) is 11.5 Å². The Balaban J connectivity index is 1.71. The van der Waals surface area contributed by atoms with Gasteiger partial charge in [0, 0.05) is 16.5 Å². The molecule has 0 radical (unpaired) electrons. The third kappa shape index (κ3) is 2.61. The quantitative estimate of drug-likeness (QED) is 0.789. The van der Waals surface area contributed by atoms with Crippen molar-refractivity contribution < 1.29 is 9.47 Å². The van der Waals surface area contributed by atoms with Crippen molar-refractivity contribution in [2.24, 2.45) is 0 Å². The molecule has 19 heavy (non-hydrogen) atoms. The maximum Gasteiger partial charge on any atom is 0.123 e. The molecule has 0 spiro atoms. The molecule has 0 aromatic heterocycles. The molecule has 0 N–H and O–H groups in total. The highest BCUT2D eigenvalue weighted by Gasteiger charge is 2.24. The van der Waals surface area contributed by atoms with E-state index in [1.165, 1.54) is 11.1 Å². The van der Waals surface area contributed by atoms with E-state index in [1.54, 1.807) is 0 Å². The zero-order chi connectivity index (χ0) is 13.1. The van der Waals surface area contributed by atoms with Gasteiger partial charge in [-0.2, -0.15) is 0 Å². The highest BCUT2D eigenvalue weighted by Crippen LogP contribution is 2.34. The fraction of sp³-hybridized carbons (Fsp3) is 0.250. The van der Waals surface area contributed by atoms with Gasteiger partial charge in [-0.1, -0.05) is 52.3 Å². The predicted octanol–water partition coefficient (Wildman–Crippen LogP) is 4.14. The van der Waals surface area contributed by atoms with Crippen molar-refractivity contribution in [3.8, 4) is 11.5 Å². The zero-order valence-electron chi connectivity index (χ0n) is 10.5. The van der Waals surface area contributed by atoms with Gasteiger partial charge in [0.15, 0.2) is 0 Å². The maximum absolute atomic E-state index is 5.96. The molecular weight excluding hydrogens is 304 g/mol. The van der Waals surface area contributed by atoms with E-state index >= 15 is 0 Å². The Labute approximate surface area is 121 Å². The van der Waals surface area contributed by atoms with E-state index in [-0.39, 0.29) is 0 Å². The Morgan fingerprint density at radius 3 is 2.79 bits per heavy atom. The van der Waals surface area contributed by atoms with Crippen LogP contribution in [0.15, 0.2) is 48.5 Å². The van der Waals surface area contributed by atoms with Crippen LogP contribution in [0.25, 0.3) is 0 Å². The number of ether oxygens (including phenoxy) is 2. The molecule has 0 saturated heterocycles. The molecule has 0 fully saturated rings. The number of para-hydroxylation sites is 2. The van der Waals surface area contributed by atoms with E-state index in [0.29, 0.717) is 19.1 Å². The van der Waals surface area contributed by atoms with Gasteiger partial charge in [-0.05, 0) is 12.1 Å². The second-order valence-corrected chi connectivity index (χ2v) is 5.16. The Bertz CT molecular complexity index is 568. The normalized spacial score (nSPS) is 16.8. The minimum absolute atomic E-state index is 0.319. The summed E-state index contributed by atoms with van der Waals surface area (Å²) in [5.41, 5.74) is 2.42. The molecule has 0 amide bonds. The lowest BCUT2D eigenvalue weighted by molar-refractivity contribution is 0.247. The standard InChI is InChI=1S/C16H15BrO2/c17-9-12-5-1-3-7-15(12)18-10-13-11-19-16-8-4-2-6-14(13)16/h1-8,13H,9-11H2. The summed E-state index contributed by atoms with van der Waals surface area (Å²) in [6.45, 7) is 1.36. The maximum atomic E-state index is 5.96. The summed E-state index contributed by atoms with van der Waals surface area (Å²) in [7, 11) is 0. The minimum Gasteiger partial charge on any atom is -0.493 e. The molecular formula is C16H15BrO2. The van der Waals surface area contributed by atoms with Gasteiger partial charge in [0.1, 0.15) is 11.5 Å². The van der Waals surface area contributed by atoms with Crippen LogP contribution in [0.4, 0.5) is 0 Å². The molecule has 1 heterocycles. The molecule has 3 rings (SSSR count). The van der Waals surface area contributed by atoms with E-state index in [9.17, 15) is 0 Å². The second-order valence-electron chi connectivity index (χ2n) is 4.60. The third-order valence-corrected chi connectivity index (χ3v) is 3.96. The smallest absolute Gasteiger partial charge is 0.123 e. The first kappa shape index (κ1) is 12.5. The Kier molecular flexibility index (Phi) is 3.74. The number of fused-ring (bicyclic) bond motifs is 1. The second kappa shape index (κ2) is 5.66. The van der Waals surface area contributed by atoms with Gasteiger partial charge in [0.25, 0.3) is 0 Å². The van der Waals surface area contributed by atoms with E-state index < -0.39 is 0 Å². The molecule has 2 aromatic carbocycles. The fourth-order valence-corrected chi connectivity index (χ4v) is 2.78. The SMILES string of the molecule is BrCc1ccccc1OCC1COc2ccccc21. The Hall–Kier alpha value is -1.48. The van der Waals surface area contributed by atoms with E-state index in [4.69, 9.17) is 9.47 Å². The van der Waals surface area contributed by atoms with Gasteiger partial charge < -0.3 is 9.47 Å². The van der Waals surface area contributed by atoms with E-state index in [0.717, 1.165) is 16.8 Å². The van der Waals surface area contributed by atoms with E-state index in [2.05, 4.69) is 28.1 Å². The Morgan fingerprint density at radius 1 is 1.11 bits per heavy atom. The lowest BCUT2D eigenvalue weighted by Crippen LogP contribution is -2.12. The summed E-state index contributed by atoms with van der Waals surface area (Å²) in [6.07, 6.45) is 0. The number of halogens is 1. The monoisotopic (exact) mass is 318 g/mol. The number of hydrogen-bond donors (Lipinski definition) is 0. The predicted molar refractivity (Wildman–Crippen MR) is 79.2 cm³/mol. The van der Waals surface area contributed by atoms with Crippen LogP contribution >= 0.6 is 15.9 Å². The molecule has 2 aromatic rings. The minimum atomic E-state index is 0.319. The molecule has 0 saturated carbocycles. The van der Waals surface area contributed by atoms with Crippen LogP contribution in [-0.4, -0.2) is 13.2 Å². The van der Waals surface area contributed by atoms with Crippen molar-refractivity contribution in [3.05, 3.63) is 59.7 Å². The fourth-order valence-electron chi connectivity index (χ4n) is 2.31. The third-order valence-electron chi connectivity index (χ3n) is 3.36. The molecule has 3 heteroatoms. The van der Waals surface area contributed by atoms with Gasteiger partial charge in [-0.15, -0.1) is 0 Å². The topological polar surface area (TPSA) is 18.5 Å². The van der Waals surface area contributed by atoms with Crippen molar-refractivity contribution in [1.82, 2.24) is 0 Å². The zero-order valence-corrected chi connectivity index (χ0v) is 12.1. The molecule has 0 bridgehead atoms. The van der Waals surface area contributed by atoms with Gasteiger partial charge in [-0.25, -0.2) is 0 Å². The number of alkyl halides is 1. The molecule has 1 atom stereocenters. The van der Waals surface area contributed by atoms with E-state index in [1.807, 2.05) is 36.4 Å². The van der Waals surface area contributed by atoms with Crippen LogP contribution < -0.4 is 9.47 Å². The van der Waals surface area contributed by atoms with Crippen molar-refractivity contribution in [2.75, 3.05) is 13.2 Å². The summed E-state index contributed by atoms with van der Waals surface area (Å²) < 4.78 is 11.6. The summed E-state index contributed by atoms with van der Waals surface area (Å²) in [5, 5.41) is 0.806. The van der Waals surface area contributed by atoms with Crippen LogP contribution in [0.3, 0.4) is 0 Å². The van der Waals surface area contributed by atoms with Crippen molar-refractivity contribution in [2.45, 2.75) is 11.2 Å². The van der Waals surface area contributed by atoms with Crippen LogP contribution in [-0.2, 0) is 5.33 Å². The van der Waals surface area contributed by atoms with Gasteiger partial charge in [0.2, 0.25) is 0 Å². The van der Waals surface area contributed by atoms with Crippen molar-refractivity contribution in [1.29, 1.82) is 0 Å². The lowest BCUT2D eigenvalue weighted by atomic mass is 10.0. The average molecular weight is 319 g/mol. The van der Waals surface area contributed by atoms with Crippen LogP contribution in [0.2, 0.25) is 0 Å². The number of hydrogen-bond acceptors (Lipinski definition) is 2. The highest BCUT2D eigenvalue weighted by molar-refractivity contribution is 9.08. The highest BCUT2D eigenvalue weighted by atomic mass is 79.9.